The maximum absolute atomic E-state index is 11.5. The second-order valence-corrected chi connectivity index (χ2v) is 4.78. The largest absolute Gasteiger partial charge is 0.357 e. The summed E-state index contributed by atoms with van der Waals surface area (Å²) in [4.78, 5) is 26.8. The summed E-state index contributed by atoms with van der Waals surface area (Å²) in [6, 6.07) is 5.30. The molecule has 2 heterocycles. The van der Waals surface area contributed by atoms with Crippen LogP contribution in [0, 0.1) is 6.92 Å². The average molecular weight is 275 g/mol. The standard InChI is InChI=1S/C13H13N3O2S/c1-9-6-8-19-11(9)4-5-12(17)15-16-13(18)10-3-2-7-14-10/h2-8,14H,1H3,(H,15,17)(H,16,18)/b5-4+. The lowest BCUT2D eigenvalue weighted by Gasteiger charge is -2.03. The van der Waals surface area contributed by atoms with Crippen LogP contribution in [-0.4, -0.2) is 16.8 Å². The number of H-pyrrole nitrogens is 1. The molecule has 5 nitrogen and oxygen atoms in total. The average Bonchev–Trinajstić information content (AvgIpc) is 3.05. The number of amides is 2. The highest BCUT2D eigenvalue weighted by molar-refractivity contribution is 7.11. The molecule has 0 spiro atoms. The lowest BCUT2D eigenvalue weighted by molar-refractivity contribution is -0.117. The highest BCUT2D eigenvalue weighted by Crippen LogP contribution is 2.16. The molecule has 98 valence electrons. The molecule has 0 aliphatic rings. The lowest BCUT2D eigenvalue weighted by atomic mass is 10.3. The van der Waals surface area contributed by atoms with Gasteiger partial charge in [-0.15, -0.1) is 11.3 Å². The van der Waals surface area contributed by atoms with Gasteiger partial charge in [0, 0.05) is 17.2 Å². The van der Waals surface area contributed by atoms with Crippen LogP contribution in [0.25, 0.3) is 6.08 Å². The summed E-state index contributed by atoms with van der Waals surface area (Å²) in [5, 5.41) is 1.96. The molecule has 19 heavy (non-hydrogen) atoms. The zero-order valence-electron chi connectivity index (χ0n) is 10.3. The Balaban J connectivity index is 1.84. The van der Waals surface area contributed by atoms with Gasteiger partial charge >= 0.3 is 0 Å². The molecule has 2 aromatic rings. The number of nitrogens with one attached hydrogen (secondary N) is 3. The number of aromatic amines is 1. The number of rotatable bonds is 3. The molecule has 0 aliphatic heterocycles. The molecule has 2 aromatic heterocycles. The van der Waals surface area contributed by atoms with Crippen molar-refractivity contribution in [2.45, 2.75) is 6.92 Å². The van der Waals surface area contributed by atoms with Gasteiger partial charge in [0.2, 0.25) is 0 Å². The fourth-order valence-electron chi connectivity index (χ4n) is 1.41. The summed E-state index contributed by atoms with van der Waals surface area (Å²) >= 11 is 1.55. The molecule has 0 saturated heterocycles. The van der Waals surface area contributed by atoms with Crippen LogP contribution in [0.2, 0.25) is 0 Å². The second-order valence-electron chi connectivity index (χ2n) is 3.83. The van der Waals surface area contributed by atoms with E-state index in [2.05, 4.69) is 15.8 Å². The summed E-state index contributed by atoms with van der Waals surface area (Å²) in [6.07, 6.45) is 4.74. The van der Waals surface area contributed by atoms with Crippen LogP contribution in [0.15, 0.2) is 35.9 Å². The van der Waals surface area contributed by atoms with Crippen molar-refractivity contribution in [1.82, 2.24) is 15.8 Å². The van der Waals surface area contributed by atoms with Crippen molar-refractivity contribution in [1.29, 1.82) is 0 Å². The third-order valence-corrected chi connectivity index (χ3v) is 3.41. The molecule has 3 N–H and O–H groups in total. The van der Waals surface area contributed by atoms with Crippen LogP contribution >= 0.6 is 11.3 Å². The fourth-order valence-corrected chi connectivity index (χ4v) is 2.22. The number of carbonyl (C=O) groups excluding carboxylic acids is 2. The normalized spacial score (nSPS) is 10.6. The number of carbonyl (C=O) groups is 2. The first-order valence-corrected chi connectivity index (χ1v) is 6.50. The van der Waals surface area contributed by atoms with E-state index in [1.54, 1.807) is 35.7 Å². The minimum Gasteiger partial charge on any atom is -0.357 e. The van der Waals surface area contributed by atoms with Gasteiger partial charge in [-0.1, -0.05) is 0 Å². The van der Waals surface area contributed by atoms with Crippen molar-refractivity contribution in [3.8, 4) is 0 Å². The predicted molar refractivity (Wildman–Crippen MR) is 74.5 cm³/mol. The number of hydrogen-bond donors (Lipinski definition) is 3. The molecule has 2 rings (SSSR count). The van der Waals surface area contributed by atoms with E-state index in [0.717, 1.165) is 10.4 Å². The molecule has 0 fully saturated rings. The zero-order chi connectivity index (χ0) is 13.7. The number of hydrazine groups is 1. The molecule has 0 saturated carbocycles. The third kappa shape index (κ3) is 3.56. The van der Waals surface area contributed by atoms with Gasteiger partial charge in [-0.05, 0) is 42.1 Å². The van der Waals surface area contributed by atoms with E-state index in [-0.39, 0.29) is 11.8 Å². The van der Waals surface area contributed by atoms with Gasteiger partial charge in [-0.2, -0.15) is 0 Å². The number of aromatic nitrogens is 1. The summed E-state index contributed by atoms with van der Waals surface area (Å²) in [5.74, 6) is -0.772. The quantitative estimate of drug-likeness (QED) is 0.591. The first-order chi connectivity index (χ1) is 9.16. The highest BCUT2D eigenvalue weighted by Gasteiger charge is 2.05. The monoisotopic (exact) mass is 275 g/mol. The first kappa shape index (κ1) is 13.1. The van der Waals surface area contributed by atoms with Gasteiger partial charge in [0.15, 0.2) is 0 Å². The van der Waals surface area contributed by atoms with Gasteiger partial charge in [-0.25, -0.2) is 0 Å². The van der Waals surface area contributed by atoms with Crippen LogP contribution in [0.5, 0.6) is 0 Å². The van der Waals surface area contributed by atoms with E-state index in [1.807, 2.05) is 18.4 Å². The molecule has 2 amide bonds. The molecule has 6 heteroatoms. The predicted octanol–water partition coefficient (Wildman–Crippen LogP) is 1.86. The molecular formula is C13H13N3O2S. The Bertz CT molecular complexity index is 599. The summed E-state index contributed by atoms with van der Waals surface area (Å²) in [7, 11) is 0. The first-order valence-electron chi connectivity index (χ1n) is 5.62. The van der Waals surface area contributed by atoms with E-state index < -0.39 is 0 Å². The van der Waals surface area contributed by atoms with E-state index in [1.165, 1.54) is 6.08 Å². The molecule has 0 unspecified atom stereocenters. The Hall–Kier alpha value is -2.34. The Morgan fingerprint density at radius 2 is 2.16 bits per heavy atom. The highest BCUT2D eigenvalue weighted by atomic mass is 32.1. The third-order valence-electron chi connectivity index (χ3n) is 2.43. The minimum atomic E-state index is -0.390. The van der Waals surface area contributed by atoms with Crippen LogP contribution in [-0.2, 0) is 4.79 Å². The van der Waals surface area contributed by atoms with Crippen LogP contribution in [0.1, 0.15) is 20.9 Å². The molecule has 0 aromatic carbocycles. The topological polar surface area (TPSA) is 74.0 Å². The van der Waals surface area contributed by atoms with Gasteiger partial charge in [-0.3, -0.25) is 20.4 Å². The van der Waals surface area contributed by atoms with E-state index in [0.29, 0.717) is 5.69 Å². The van der Waals surface area contributed by atoms with E-state index in [9.17, 15) is 9.59 Å². The zero-order valence-corrected chi connectivity index (χ0v) is 11.1. The van der Waals surface area contributed by atoms with Crippen molar-refractivity contribution in [2.75, 3.05) is 0 Å². The maximum atomic E-state index is 11.5. The Morgan fingerprint density at radius 3 is 2.79 bits per heavy atom. The summed E-state index contributed by atoms with van der Waals surface area (Å²) in [5.41, 5.74) is 6.13. The lowest BCUT2D eigenvalue weighted by Crippen LogP contribution is -2.40. The molecule has 0 atom stereocenters. The van der Waals surface area contributed by atoms with Crippen molar-refractivity contribution < 1.29 is 9.59 Å². The maximum Gasteiger partial charge on any atom is 0.286 e. The number of thiophene rings is 1. The SMILES string of the molecule is Cc1ccsc1/C=C/C(=O)NNC(=O)c1ccc[nH]1. The number of aryl methyl sites for hydroxylation is 1. The van der Waals surface area contributed by atoms with Crippen molar-refractivity contribution in [3.63, 3.8) is 0 Å². The van der Waals surface area contributed by atoms with Gasteiger partial charge < -0.3 is 4.98 Å². The fraction of sp³-hybridized carbons (Fsp3) is 0.0769. The van der Waals surface area contributed by atoms with Crippen molar-refractivity contribution in [3.05, 3.63) is 52.0 Å². The summed E-state index contributed by atoms with van der Waals surface area (Å²) in [6.45, 7) is 1.97. The number of hydrogen-bond acceptors (Lipinski definition) is 3. The second kappa shape index (κ2) is 6.01. The van der Waals surface area contributed by atoms with Gasteiger partial charge in [0.1, 0.15) is 5.69 Å². The van der Waals surface area contributed by atoms with Crippen LogP contribution in [0.4, 0.5) is 0 Å². The van der Waals surface area contributed by atoms with E-state index in [4.69, 9.17) is 0 Å². The molecule has 0 radical (unpaired) electrons. The molecular weight excluding hydrogens is 262 g/mol. The van der Waals surface area contributed by atoms with Crippen molar-refractivity contribution >= 4 is 29.2 Å². The van der Waals surface area contributed by atoms with Crippen LogP contribution in [0.3, 0.4) is 0 Å². The summed E-state index contributed by atoms with van der Waals surface area (Å²) < 4.78 is 0. The minimum absolute atomic E-state index is 0.382. The van der Waals surface area contributed by atoms with Gasteiger partial charge in [0.05, 0.1) is 0 Å². The molecule has 0 bridgehead atoms. The van der Waals surface area contributed by atoms with Crippen LogP contribution < -0.4 is 10.9 Å². The Labute approximate surface area is 114 Å². The van der Waals surface area contributed by atoms with E-state index >= 15 is 0 Å². The smallest absolute Gasteiger partial charge is 0.286 e. The van der Waals surface area contributed by atoms with Crippen molar-refractivity contribution in [2.24, 2.45) is 0 Å². The molecule has 0 aliphatic carbocycles. The Morgan fingerprint density at radius 1 is 1.32 bits per heavy atom. The Kier molecular flexibility index (Phi) is 4.15. The van der Waals surface area contributed by atoms with Gasteiger partial charge in [0.25, 0.3) is 11.8 Å².